The minimum atomic E-state index is -5.95. The third-order valence-corrected chi connectivity index (χ3v) is 2.29. The summed E-state index contributed by atoms with van der Waals surface area (Å²) in [4.78, 5) is 11.0. The van der Waals surface area contributed by atoms with Gasteiger partial charge in [0.2, 0.25) is 0 Å². The van der Waals surface area contributed by atoms with Crippen molar-refractivity contribution in [1.82, 2.24) is 0 Å². The summed E-state index contributed by atoms with van der Waals surface area (Å²) in [5.74, 6) is -7.73. The van der Waals surface area contributed by atoms with Gasteiger partial charge in [-0.15, -0.1) is 0 Å². The maximum atomic E-state index is 12.8. The Morgan fingerprint density at radius 2 is 1.86 bits per heavy atom. The predicted octanol–water partition coefficient (Wildman–Crippen LogP) is 2.85. The molecule has 0 saturated heterocycles. The lowest BCUT2D eigenvalue weighted by atomic mass is 10.2. The zero-order valence-electron chi connectivity index (χ0n) is 10.8. The van der Waals surface area contributed by atoms with Crippen LogP contribution in [0, 0.1) is 0 Å². The molecule has 1 amide bonds. The van der Waals surface area contributed by atoms with Gasteiger partial charge in [-0.3, -0.25) is 4.79 Å². The summed E-state index contributed by atoms with van der Waals surface area (Å²) < 4.78 is 71.5. The zero-order valence-corrected chi connectivity index (χ0v) is 10.8. The monoisotopic (exact) mass is 313 g/mol. The Morgan fingerprint density at radius 3 is 2.43 bits per heavy atom. The van der Waals surface area contributed by atoms with Crippen molar-refractivity contribution in [1.29, 1.82) is 0 Å². The zero-order chi connectivity index (χ0) is 16.1. The van der Waals surface area contributed by atoms with E-state index >= 15 is 0 Å². The highest BCUT2D eigenvalue weighted by atomic mass is 19.4. The summed E-state index contributed by atoms with van der Waals surface area (Å²) in [6.07, 6.45) is -5.95. The van der Waals surface area contributed by atoms with Gasteiger partial charge in [0.05, 0.1) is 6.61 Å². The van der Waals surface area contributed by atoms with Gasteiger partial charge in [0, 0.05) is 18.9 Å². The Labute approximate surface area is 116 Å². The van der Waals surface area contributed by atoms with Crippen molar-refractivity contribution in [3.05, 3.63) is 24.3 Å². The SMILES string of the molecule is COCCOc1cccc(NC(=O)C(F)(F)C(F)(F)F)c1. The first-order valence-electron chi connectivity index (χ1n) is 5.66. The third kappa shape index (κ3) is 4.55. The molecule has 21 heavy (non-hydrogen) atoms. The van der Waals surface area contributed by atoms with E-state index in [9.17, 15) is 26.7 Å². The van der Waals surface area contributed by atoms with Gasteiger partial charge in [0.1, 0.15) is 12.4 Å². The van der Waals surface area contributed by atoms with Crippen molar-refractivity contribution in [3.8, 4) is 5.75 Å². The minimum absolute atomic E-state index is 0.159. The van der Waals surface area contributed by atoms with Crippen molar-refractivity contribution >= 4 is 11.6 Å². The van der Waals surface area contributed by atoms with Crippen molar-refractivity contribution in [3.63, 3.8) is 0 Å². The van der Waals surface area contributed by atoms with E-state index in [1.807, 2.05) is 0 Å². The first-order valence-corrected chi connectivity index (χ1v) is 5.66. The van der Waals surface area contributed by atoms with Crippen LogP contribution in [0.25, 0.3) is 0 Å². The normalized spacial score (nSPS) is 12.1. The fraction of sp³-hybridized carbons (Fsp3) is 0.417. The molecule has 0 aliphatic rings. The van der Waals surface area contributed by atoms with E-state index in [1.54, 1.807) is 0 Å². The highest BCUT2D eigenvalue weighted by Crippen LogP contribution is 2.36. The Kier molecular flexibility index (Phi) is 5.47. The second-order valence-electron chi connectivity index (χ2n) is 3.90. The number of alkyl halides is 5. The van der Waals surface area contributed by atoms with E-state index in [2.05, 4.69) is 0 Å². The summed E-state index contributed by atoms with van der Waals surface area (Å²) in [5.41, 5.74) is -0.237. The van der Waals surface area contributed by atoms with Gasteiger partial charge in [-0.25, -0.2) is 0 Å². The lowest BCUT2D eigenvalue weighted by Gasteiger charge is -2.18. The average Bonchev–Trinajstić information content (AvgIpc) is 2.38. The molecule has 0 aromatic heterocycles. The van der Waals surface area contributed by atoms with Crippen LogP contribution in [0.15, 0.2) is 24.3 Å². The molecule has 1 aromatic carbocycles. The molecule has 0 bridgehead atoms. The number of benzene rings is 1. The summed E-state index contributed by atoms with van der Waals surface area (Å²) in [5, 5.41) is 1.50. The first kappa shape index (κ1) is 17.2. The number of halogens is 5. The molecule has 1 aromatic rings. The van der Waals surface area contributed by atoms with E-state index < -0.39 is 18.0 Å². The molecule has 0 spiro atoms. The smallest absolute Gasteiger partial charge is 0.463 e. The van der Waals surface area contributed by atoms with Crippen LogP contribution in [0.5, 0.6) is 5.75 Å². The van der Waals surface area contributed by atoms with Gasteiger partial charge in [-0.05, 0) is 12.1 Å². The number of hydrogen-bond donors (Lipinski definition) is 1. The van der Waals surface area contributed by atoms with Crippen LogP contribution >= 0.6 is 0 Å². The number of rotatable bonds is 6. The molecular weight excluding hydrogens is 301 g/mol. The molecule has 9 heteroatoms. The van der Waals surface area contributed by atoms with Crippen LogP contribution in [-0.2, 0) is 9.53 Å². The molecule has 118 valence electrons. The van der Waals surface area contributed by atoms with E-state index in [0.29, 0.717) is 0 Å². The van der Waals surface area contributed by atoms with E-state index in [4.69, 9.17) is 9.47 Å². The highest BCUT2D eigenvalue weighted by Gasteiger charge is 2.63. The van der Waals surface area contributed by atoms with Crippen LogP contribution in [0.4, 0.5) is 27.6 Å². The predicted molar refractivity (Wildman–Crippen MR) is 63.4 cm³/mol. The second kappa shape index (κ2) is 6.70. The quantitative estimate of drug-likeness (QED) is 0.649. The van der Waals surface area contributed by atoms with Gasteiger partial charge in [0.25, 0.3) is 0 Å². The second-order valence-corrected chi connectivity index (χ2v) is 3.90. The van der Waals surface area contributed by atoms with E-state index in [-0.39, 0.29) is 24.7 Å². The van der Waals surface area contributed by atoms with E-state index in [0.717, 1.165) is 12.1 Å². The van der Waals surface area contributed by atoms with Crippen molar-refractivity contribution in [2.24, 2.45) is 0 Å². The largest absolute Gasteiger partial charge is 0.491 e. The Balaban J connectivity index is 2.75. The topological polar surface area (TPSA) is 47.6 Å². The van der Waals surface area contributed by atoms with Crippen LogP contribution in [0.3, 0.4) is 0 Å². The molecule has 0 aliphatic carbocycles. The molecule has 1 N–H and O–H groups in total. The van der Waals surface area contributed by atoms with Gasteiger partial charge in [-0.1, -0.05) is 6.07 Å². The third-order valence-electron chi connectivity index (χ3n) is 2.29. The number of carbonyl (C=O) groups is 1. The Bertz CT molecular complexity index is 490. The van der Waals surface area contributed by atoms with Crippen molar-refractivity contribution in [2.45, 2.75) is 12.1 Å². The van der Waals surface area contributed by atoms with Crippen molar-refractivity contribution in [2.75, 3.05) is 25.6 Å². The number of ether oxygens (including phenoxy) is 2. The Hall–Kier alpha value is -1.90. The molecule has 0 heterocycles. The summed E-state index contributed by atoms with van der Waals surface area (Å²) in [6.45, 7) is 0.426. The molecule has 0 unspecified atom stereocenters. The fourth-order valence-corrected chi connectivity index (χ4v) is 1.24. The van der Waals surface area contributed by atoms with Gasteiger partial charge in [-0.2, -0.15) is 22.0 Å². The summed E-state index contributed by atoms with van der Waals surface area (Å²) >= 11 is 0. The van der Waals surface area contributed by atoms with Crippen LogP contribution < -0.4 is 10.1 Å². The molecule has 0 radical (unpaired) electrons. The molecule has 0 atom stereocenters. The molecule has 1 rings (SSSR count). The average molecular weight is 313 g/mol. The summed E-state index contributed by atoms with van der Waals surface area (Å²) in [6, 6.07) is 5.07. The molecule has 4 nitrogen and oxygen atoms in total. The number of carbonyl (C=O) groups excluding carboxylic acids is 1. The lowest BCUT2D eigenvalue weighted by molar-refractivity contribution is -0.267. The summed E-state index contributed by atoms with van der Waals surface area (Å²) in [7, 11) is 1.44. The minimum Gasteiger partial charge on any atom is -0.491 e. The molecule has 0 fully saturated rings. The van der Waals surface area contributed by atoms with Crippen LogP contribution in [0.1, 0.15) is 0 Å². The number of methoxy groups -OCH3 is 1. The number of anilines is 1. The van der Waals surface area contributed by atoms with Gasteiger partial charge >= 0.3 is 18.0 Å². The molecule has 0 aliphatic heterocycles. The molecule has 0 saturated carbocycles. The number of hydrogen-bond acceptors (Lipinski definition) is 3. The number of amides is 1. The number of nitrogens with one attached hydrogen (secondary N) is 1. The maximum absolute atomic E-state index is 12.8. The van der Waals surface area contributed by atoms with Gasteiger partial charge < -0.3 is 14.8 Å². The highest BCUT2D eigenvalue weighted by molar-refractivity contribution is 5.96. The standard InChI is InChI=1S/C12H12F5NO3/c1-20-5-6-21-9-4-2-3-8(7-9)18-10(19)11(13,14)12(15,16)17/h2-4,7H,5-6H2,1H3,(H,18,19). The van der Waals surface area contributed by atoms with Gasteiger partial charge in [0.15, 0.2) is 0 Å². The van der Waals surface area contributed by atoms with Crippen molar-refractivity contribution < 1.29 is 36.2 Å². The van der Waals surface area contributed by atoms with E-state index in [1.165, 1.54) is 24.6 Å². The Morgan fingerprint density at radius 1 is 1.19 bits per heavy atom. The van der Waals surface area contributed by atoms with Crippen LogP contribution in [0.2, 0.25) is 0 Å². The lowest BCUT2D eigenvalue weighted by Crippen LogP contribution is -2.47. The maximum Gasteiger partial charge on any atom is 0.463 e. The van der Waals surface area contributed by atoms with Crippen LogP contribution in [-0.4, -0.2) is 38.3 Å². The molecular formula is C12H12F5NO3. The fourth-order valence-electron chi connectivity index (χ4n) is 1.24. The first-order chi connectivity index (χ1) is 9.68.